The molecule has 0 radical (unpaired) electrons. The quantitative estimate of drug-likeness (QED) is 0.479. The molecule has 0 heterocycles. The Labute approximate surface area is 114 Å². The highest BCUT2D eigenvalue weighted by atomic mass is 16.6. The Morgan fingerprint density at radius 3 is 2.50 bits per heavy atom. The van der Waals surface area contributed by atoms with Gasteiger partial charge < -0.3 is 15.5 Å². The van der Waals surface area contributed by atoms with E-state index in [4.69, 9.17) is 10.2 Å². The van der Waals surface area contributed by atoms with Gasteiger partial charge in [0.05, 0.1) is 4.92 Å². The van der Waals surface area contributed by atoms with Gasteiger partial charge >= 0.3 is 11.9 Å². The maximum atomic E-state index is 11.0. The van der Waals surface area contributed by atoms with Crippen LogP contribution in [-0.4, -0.2) is 33.1 Å². The summed E-state index contributed by atoms with van der Waals surface area (Å²) in [5.74, 6) is -2.28. The zero-order valence-electron chi connectivity index (χ0n) is 10.5. The van der Waals surface area contributed by atoms with Crippen molar-refractivity contribution in [3.63, 3.8) is 0 Å². The van der Waals surface area contributed by atoms with Gasteiger partial charge in [0.25, 0.3) is 5.69 Å². The number of carboxylic acid groups (broad SMARTS) is 2. The van der Waals surface area contributed by atoms with Gasteiger partial charge in [-0.2, -0.15) is 0 Å². The zero-order chi connectivity index (χ0) is 15.1. The van der Waals surface area contributed by atoms with E-state index in [0.717, 1.165) is 0 Å². The van der Waals surface area contributed by atoms with E-state index in [1.54, 1.807) is 6.07 Å². The lowest BCUT2D eigenvalue weighted by Crippen LogP contribution is -2.36. The molecule has 0 saturated heterocycles. The molecule has 0 spiro atoms. The Kier molecular flexibility index (Phi) is 5.60. The Hall–Kier alpha value is -2.48. The van der Waals surface area contributed by atoms with E-state index >= 15 is 0 Å². The highest BCUT2D eigenvalue weighted by Crippen LogP contribution is 2.17. The third-order valence-corrected chi connectivity index (χ3v) is 2.67. The van der Waals surface area contributed by atoms with Gasteiger partial charge in [-0.05, 0) is 6.42 Å². The van der Waals surface area contributed by atoms with Crippen LogP contribution in [-0.2, 0) is 16.1 Å². The molecule has 0 saturated carbocycles. The molecule has 0 aliphatic heterocycles. The van der Waals surface area contributed by atoms with E-state index in [0.29, 0.717) is 5.56 Å². The van der Waals surface area contributed by atoms with Crippen LogP contribution in [0.3, 0.4) is 0 Å². The third-order valence-electron chi connectivity index (χ3n) is 2.67. The van der Waals surface area contributed by atoms with E-state index in [1.165, 1.54) is 18.2 Å². The summed E-state index contributed by atoms with van der Waals surface area (Å²) >= 11 is 0. The summed E-state index contributed by atoms with van der Waals surface area (Å²) in [6.07, 6.45) is -0.383. The molecule has 0 aliphatic rings. The van der Waals surface area contributed by atoms with Crippen LogP contribution in [0.5, 0.6) is 0 Å². The molecule has 20 heavy (non-hydrogen) atoms. The first kappa shape index (κ1) is 15.6. The van der Waals surface area contributed by atoms with Crippen molar-refractivity contribution in [1.29, 1.82) is 0 Å². The Bertz CT molecular complexity index is 516. The monoisotopic (exact) mass is 282 g/mol. The number of rotatable bonds is 8. The van der Waals surface area contributed by atoms with E-state index in [2.05, 4.69) is 5.32 Å². The molecule has 108 valence electrons. The minimum absolute atomic E-state index is 0.0201. The van der Waals surface area contributed by atoms with Crippen molar-refractivity contribution in [2.24, 2.45) is 0 Å². The molecule has 8 nitrogen and oxygen atoms in total. The predicted octanol–water partition coefficient (Wildman–Crippen LogP) is 1.00. The van der Waals surface area contributed by atoms with Crippen molar-refractivity contribution >= 4 is 17.6 Å². The Balaban J connectivity index is 2.70. The third kappa shape index (κ3) is 4.65. The maximum absolute atomic E-state index is 11.0. The topological polar surface area (TPSA) is 130 Å². The second-order valence-electron chi connectivity index (χ2n) is 4.09. The number of hydrogen-bond donors (Lipinski definition) is 3. The number of carboxylic acids is 2. The predicted molar refractivity (Wildman–Crippen MR) is 68.2 cm³/mol. The number of nitrogens with zero attached hydrogens (tertiary/aromatic N) is 1. The van der Waals surface area contributed by atoms with Gasteiger partial charge in [0.15, 0.2) is 0 Å². The first-order chi connectivity index (χ1) is 9.41. The molecule has 1 aromatic rings. The summed E-state index contributed by atoms with van der Waals surface area (Å²) in [6.45, 7) is -0.0201. The molecular formula is C12H14N2O6. The van der Waals surface area contributed by atoms with Gasteiger partial charge in [-0.3, -0.25) is 19.7 Å². The highest BCUT2D eigenvalue weighted by Gasteiger charge is 2.20. The maximum Gasteiger partial charge on any atom is 0.320 e. The Morgan fingerprint density at radius 1 is 1.30 bits per heavy atom. The molecule has 0 aliphatic carbocycles. The van der Waals surface area contributed by atoms with Gasteiger partial charge in [-0.25, -0.2) is 0 Å². The fourth-order valence-electron chi connectivity index (χ4n) is 1.65. The molecule has 0 amide bonds. The number of nitro groups is 1. The summed E-state index contributed by atoms with van der Waals surface area (Å²) in [5.41, 5.74) is 0.237. The molecule has 0 bridgehead atoms. The van der Waals surface area contributed by atoms with Crippen LogP contribution in [0.25, 0.3) is 0 Å². The molecule has 1 atom stereocenters. The molecule has 1 aromatic carbocycles. The number of carbonyl (C=O) groups is 2. The SMILES string of the molecule is O=C(O)CCC(NCc1ccccc1[N+](=O)[O-])C(=O)O. The number of benzene rings is 1. The second-order valence-corrected chi connectivity index (χ2v) is 4.09. The van der Waals surface area contributed by atoms with Gasteiger partial charge in [0.2, 0.25) is 0 Å². The van der Waals surface area contributed by atoms with Crippen LogP contribution < -0.4 is 5.32 Å². The lowest BCUT2D eigenvalue weighted by Gasteiger charge is -2.13. The van der Waals surface area contributed by atoms with E-state index in [1.807, 2.05) is 0 Å². The molecule has 8 heteroatoms. The molecule has 1 unspecified atom stereocenters. The van der Waals surface area contributed by atoms with Crippen LogP contribution in [0, 0.1) is 10.1 Å². The van der Waals surface area contributed by atoms with E-state index in [9.17, 15) is 19.7 Å². The van der Waals surface area contributed by atoms with Gasteiger partial charge in [0.1, 0.15) is 6.04 Å². The fourth-order valence-corrected chi connectivity index (χ4v) is 1.65. The van der Waals surface area contributed by atoms with E-state index < -0.39 is 22.9 Å². The normalized spacial score (nSPS) is 11.8. The fraction of sp³-hybridized carbons (Fsp3) is 0.333. The number of aliphatic carboxylic acids is 2. The van der Waals surface area contributed by atoms with Crippen molar-refractivity contribution in [3.05, 3.63) is 39.9 Å². The first-order valence-corrected chi connectivity index (χ1v) is 5.82. The van der Waals surface area contributed by atoms with Gasteiger partial charge in [0, 0.05) is 24.6 Å². The zero-order valence-corrected chi connectivity index (χ0v) is 10.5. The largest absolute Gasteiger partial charge is 0.481 e. The standard InChI is InChI=1S/C12H14N2O6/c15-11(16)6-5-9(12(17)18)13-7-8-3-1-2-4-10(8)14(19)20/h1-4,9,13H,5-7H2,(H,15,16)(H,17,18). The summed E-state index contributed by atoms with van der Waals surface area (Å²) in [5, 5.41) is 30.9. The lowest BCUT2D eigenvalue weighted by atomic mass is 10.1. The molecular weight excluding hydrogens is 268 g/mol. The number of nitrogens with one attached hydrogen (secondary N) is 1. The summed E-state index contributed by atoms with van der Waals surface area (Å²) < 4.78 is 0. The molecule has 3 N–H and O–H groups in total. The minimum Gasteiger partial charge on any atom is -0.481 e. The van der Waals surface area contributed by atoms with Crippen molar-refractivity contribution in [2.45, 2.75) is 25.4 Å². The van der Waals surface area contributed by atoms with Gasteiger partial charge in [-0.15, -0.1) is 0 Å². The second kappa shape index (κ2) is 7.19. The first-order valence-electron chi connectivity index (χ1n) is 5.82. The van der Waals surface area contributed by atoms with E-state index in [-0.39, 0.29) is 25.1 Å². The van der Waals surface area contributed by atoms with Crippen molar-refractivity contribution in [2.75, 3.05) is 0 Å². The average molecular weight is 282 g/mol. The molecule has 0 fully saturated rings. The molecule has 1 rings (SSSR count). The highest BCUT2D eigenvalue weighted by molar-refractivity contribution is 5.75. The van der Waals surface area contributed by atoms with Crippen LogP contribution in [0.2, 0.25) is 0 Å². The Morgan fingerprint density at radius 2 is 1.95 bits per heavy atom. The van der Waals surface area contributed by atoms with Crippen LogP contribution >= 0.6 is 0 Å². The summed E-state index contributed by atoms with van der Waals surface area (Å²) in [7, 11) is 0. The average Bonchev–Trinajstić information content (AvgIpc) is 2.38. The van der Waals surface area contributed by atoms with Gasteiger partial charge in [-0.1, -0.05) is 18.2 Å². The minimum atomic E-state index is -1.19. The smallest absolute Gasteiger partial charge is 0.320 e. The molecule has 0 aromatic heterocycles. The van der Waals surface area contributed by atoms with Crippen molar-refractivity contribution in [1.82, 2.24) is 5.32 Å². The number of nitro benzene ring substituents is 1. The summed E-state index contributed by atoms with van der Waals surface area (Å²) in [4.78, 5) is 31.6. The number of hydrogen-bond acceptors (Lipinski definition) is 5. The summed E-state index contributed by atoms with van der Waals surface area (Å²) in [6, 6.07) is 4.90. The van der Waals surface area contributed by atoms with Crippen LogP contribution in [0.4, 0.5) is 5.69 Å². The van der Waals surface area contributed by atoms with Crippen LogP contribution in [0.15, 0.2) is 24.3 Å². The van der Waals surface area contributed by atoms with Crippen LogP contribution in [0.1, 0.15) is 18.4 Å². The number of para-hydroxylation sites is 1. The van der Waals surface area contributed by atoms with Crippen molar-refractivity contribution < 1.29 is 24.7 Å². The lowest BCUT2D eigenvalue weighted by molar-refractivity contribution is -0.385. The van der Waals surface area contributed by atoms with Crippen molar-refractivity contribution in [3.8, 4) is 0 Å².